The van der Waals surface area contributed by atoms with E-state index in [0.717, 1.165) is 21.5 Å². The SMILES string of the molecule is CCSc1nnc(N)n1Cc1ccc(Cl)cc1. The lowest BCUT2D eigenvalue weighted by atomic mass is 10.2. The summed E-state index contributed by atoms with van der Waals surface area (Å²) in [4.78, 5) is 0. The van der Waals surface area contributed by atoms with E-state index < -0.39 is 0 Å². The summed E-state index contributed by atoms with van der Waals surface area (Å²) in [5, 5.41) is 9.51. The van der Waals surface area contributed by atoms with Crippen LogP contribution in [-0.4, -0.2) is 20.5 Å². The number of nitrogen functional groups attached to an aromatic ring is 1. The first kappa shape index (κ1) is 12.3. The Morgan fingerprint density at radius 3 is 2.65 bits per heavy atom. The smallest absolute Gasteiger partial charge is 0.222 e. The second-order valence-corrected chi connectivity index (χ2v) is 5.15. The summed E-state index contributed by atoms with van der Waals surface area (Å²) in [5.74, 6) is 1.38. The Labute approximate surface area is 109 Å². The van der Waals surface area contributed by atoms with Crippen molar-refractivity contribution in [1.82, 2.24) is 14.8 Å². The van der Waals surface area contributed by atoms with Crippen molar-refractivity contribution in [3.63, 3.8) is 0 Å². The molecule has 1 aromatic heterocycles. The zero-order chi connectivity index (χ0) is 12.3. The molecule has 2 N–H and O–H groups in total. The minimum Gasteiger partial charge on any atom is -0.368 e. The van der Waals surface area contributed by atoms with Crippen LogP contribution in [0.1, 0.15) is 12.5 Å². The van der Waals surface area contributed by atoms with Gasteiger partial charge in [0, 0.05) is 5.02 Å². The van der Waals surface area contributed by atoms with Crippen LogP contribution in [0.25, 0.3) is 0 Å². The lowest BCUT2D eigenvalue weighted by Crippen LogP contribution is -2.06. The van der Waals surface area contributed by atoms with Crippen molar-refractivity contribution in [2.45, 2.75) is 18.6 Å². The van der Waals surface area contributed by atoms with Crippen LogP contribution in [0.3, 0.4) is 0 Å². The molecule has 1 aromatic carbocycles. The van der Waals surface area contributed by atoms with Crippen LogP contribution < -0.4 is 5.73 Å². The quantitative estimate of drug-likeness (QED) is 0.866. The fraction of sp³-hybridized carbons (Fsp3) is 0.273. The highest BCUT2D eigenvalue weighted by atomic mass is 35.5. The molecule has 0 aliphatic carbocycles. The molecule has 4 nitrogen and oxygen atoms in total. The average molecular weight is 269 g/mol. The van der Waals surface area contributed by atoms with Crippen LogP contribution in [0, 0.1) is 0 Å². The maximum Gasteiger partial charge on any atom is 0.222 e. The maximum absolute atomic E-state index is 5.85. The van der Waals surface area contributed by atoms with Gasteiger partial charge in [0.2, 0.25) is 5.95 Å². The number of hydrogen-bond donors (Lipinski definition) is 1. The molecule has 0 bridgehead atoms. The number of rotatable bonds is 4. The number of nitrogens with zero attached hydrogens (tertiary/aromatic N) is 3. The van der Waals surface area contributed by atoms with Gasteiger partial charge in [-0.25, -0.2) is 0 Å². The third-order valence-corrected chi connectivity index (χ3v) is 3.37. The Kier molecular flexibility index (Phi) is 3.91. The van der Waals surface area contributed by atoms with Crippen LogP contribution in [0.5, 0.6) is 0 Å². The predicted molar refractivity (Wildman–Crippen MR) is 71.4 cm³/mol. The van der Waals surface area contributed by atoms with Gasteiger partial charge < -0.3 is 5.73 Å². The number of benzene rings is 1. The zero-order valence-corrected chi connectivity index (χ0v) is 11.0. The third kappa shape index (κ3) is 2.92. The molecule has 0 aliphatic rings. The first-order valence-electron chi connectivity index (χ1n) is 5.26. The lowest BCUT2D eigenvalue weighted by Gasteiger charge is -2.07. The Balaban J connectivity index is 2.22. The van der Waals surface area contributed by atoms with E-state index in [4.69, 9.17) is 17.3 Å². The van der Waals surface area contributed by atoms with E-state index in [1.807, 2.05) is 28.8 Å². The van der Waals surface area contributed by atoms with E-state index in [2.05, 4.69) is 17.1 Å². The van der Waals surface area contributed by atoms with Crippen molar-refractivity contribution < 1.29 is 0 Å². The molecule has 6 heteroatoms. The van der Waals surface area contributed by atoms with Gasteiger partial charge in [-0.15, -0.1) is 10.2 Å². The van der Waals surface area contributed by atoms with Crippen molar-refractivity contribution >= 4 is 29.3 Å². The van der Waals surface area contributed by atoms with Crippen molar-refractivity contribution in [2.24, 2.45) is 0 Å². The number of thioether (sulfide) groups is 1. The van der Waals surface area contributed by atoms with Crippen molar-refractivity contribution in [3.8, 4) is 0 Å². The average Bonchev–Trinajstić information content (AvgIpc) is 2.65. The fourth-order valence-electron chi connectivity index (χ4n) is 1.46. The maximum atomic E-state index is 5.85. The number of nitrogens with two attached hydrogens (primary N) is 1. The third-order valence-electron chi connectivity index (χ3n) is 2.27. The Morgan fingerprint density at radius 2 is 2.00 bits per heavy atom. The Bertz CT molecular complexity index is 495. The van der Waals surface area contributed by atoms with Crippen LogP contribution in [0.2, 0.25) is 5.02 Å². The second kappa shape index (κ2) is 5.42. The largest absolute Gasteiger partial charge is 0.368 e. The van der Waals surface area contributed by atoms with Gasteiger partial charge in [0.05, 0.1) is 6.54 Å². The summed E-state index contributed by atoms with van der Waals surface area (Å²) in [6.45, 7) is 2.74. The molecule has 0 fully saturated rings. The first-order valence-corrected chi connectivity index (χ1v) is 6.63. The van der Waals surface area contributed by atoms with E-state index in [0.29, 0.717) is 12.5 Å². The van der Waals surface area contributed by atoms with E-state index in [1.165, 1.54) is 0 Å². The van der Waals surface area contributed by atoms with Gasteiger partial charge in [0.25, 0.3) is 0 Å². The molecule has 1 heterocycles. The highest BCUT2D eigenvalue weighted by Gasteiger charge is 2.09. The van der Waals surface area contributed by atoms with Crippen LogP contribution in [-0.2, 0) is 6.54 Å². The van der Waals surface area contributed by atoms with E-state index in [9.17, 15) is 0 Å². The number of halogens is 1. The molecule has 0 saturated carbocycles. The molecule has 0 aliphatic heterocycles. The van der Waals surface area contributed by atoms with Gasteiger partial charge in [-0.3, -0.25) is 4.57 Å². The zero-order valence-electron chi connectivity index (χ0n) is 9.43. The fourth-order valence-corrected chi connectivity index (χ4v) is 2.25. The molecular formula is C11H13ClN4S. The minimum atomic E-state index is 0.441. The first-order chi connectivity index (χ1) is 8.20. The summed E-state index contributed by atoms with van der Waals surface area (Å²) in [6, 6.07) is 7.68. The summed E-state index contributed by atoms with van der Waals surface area (Å²) >= 11 is 7.47. The molecule has 2 rings (SSSR count). The highest BCUT2D eigenvalue weighted by molar-refractivity contribution is 7.99. The molecule has 0 radical (unpaired) electrons. The van der Waals surface area contributed by atoms with Gasteiger partial charge in [-0.2, -0.15) is 0 Å². The normalized spacial score (nSPS) is 10.7. The summed E-state index contributed by atoms with van der Waals surface area (Å²) in [7, 11) is 0. The number of anilines is 1. The summed E-state index contributed by atoms with van der Waals surface area (Å²) in [5.41, 5.74) is 6.92. The standard InChI is InChI=1S/C11H13ClN4S/c1-2-17-11-15-14-10(13)16(11)7-8-3-5-9(12)6-4-8/h3-6H,2,7H2,1H3,(H2,13,14). The Hall–Kier alpha value is -1.20. The molecule has 90 valence electrons. The van der Waals surface area contributed by atoms with E-state index in [1.54, 1.807) is 11.8 Å². The van der Waals surface area contributed by atoms with Gasteiger partial charge >= 0.3 is 0 Å². The topological polar surface area (TPSA) is 56.7 Å². The van der Waals surface area contributed by atoms with E-state index >= 15 is 0 Å². The molecule has 2 aromatic rings. The van der Waals surface area contributed by atoms with Crippen LogP contribution >= 0.6 is 23.4 Å². The van der Waals surface area contributed by atoms with Gasteiger partial charge in [0.1, 0.15) is 0 Å². The lowest BCUT2D eigenvalue weighted by molar-refractivity contribution is 0.717. The van der Waals surface area contributed by atoms with Gasteiger partial charge in [-0.05, 0) is 23.4 Å². The van der Waals surface area contributed by atoms with E-state index in [-0.39, 0.29) is 0 Å². The second-order valence-electron chi connectivity index (χ2n) is 3.49. The minimum absolute atomic E-state index is 0.441. The predicted octanol–water partition coefficient (Wildman–Crippen LogP) is 2.67. The van der Waals surface area contributed by atoms with Gasteiger partial charge in [0.15, 0.2) is 5.16 Å². The Morgan fingerprint density at radius 1 is 1.29 bits per heavy atom. The van der Waals surface area contributed by atoms with Crippen LogP contribution in [0.4, 0.5) is 5.95 Å². The summed E-state index contributed by atoms with van der Waals surface area (Å²) in [6.07, 6.45) is 0. The monoisotopic (exact) mass is 268 g/mol. The number of aromatic nitrogens is 3. The van der Waals surface area contributed by atoms with Crippen molar-refractivity contribution in [1.29, 1.82) is 0 Å². The van der Waals surface area contributed by atoms with Crippen molar-refractivity contribution in [3.05, 3.63) is 34.9 Å². The molecule has 0 unspecified atom stereocenters. The molecule has 0 amide bonds. The summed E-state index contributed by atoms with van der Waals surface area (Å²) < 4.78 is 1.90. The molecule has 17 heavy (non-hydrogen) atoms. The van der Waals surface area contributed by atoms with Gasteiger partial charge in [-0.1, -0.05) is 42.4 Å². The molecular weight excluding hydrogens is 256 g/mol. The van der Waals surface area contributed by atoms with Crippen LogP contribution in [0.15, 0.2) is 29.4 Å². The molecule has 0 saturated heterocycles. The molecule has 0 atom stereocenters. The van der Waals surface area contributed by atoms with Crippen molar-refractivity contribution in [2.75, 3.05) is 11.5 Å². The number of hydrogen-bond acceptors (Lipinski definition) is 4. The highest BCUT2D eigenvalue weighted by Crippen LogP contribution is 2.19. The molecule has 0 spiro atoms.